The molecule has 0 atom stereocenters. The maximum absolute atomic E-state index is 13.0. The molecule has 0 spiro atoms. The minimum absolute atomic E-state index is 0.201. The number of hydrogen-bond acceptors (Lipinski definition) is 4. The number of amides is 1. The lowest BCUT2D eigenvalue weighted by atomic mass is 10.2. The third-order valence-corrected chi connectivity index (χ3v) is 3.61. The molecule has 1 heterocycles. The first kappa shape index (κ1) is 16.6. The zero-order valence-corrected chi connectivity index (χ0v) is 13.7. The van der Waals surface area contributed by atoms with E-state index in [1.807, 2.05) is 30.3 Å². The molecule has 25 heavy (non-hydrogen) atoms. The fourth-order valence-electron chi connectivity index (χ4n) is 2.35. The first-order valence-electron chi connectivity index (χ1n) is 7.76. The van der Waals surface area contributed by atoms with Gasteiger partial charge in [-0.3, -0.25) is 4.79 Å². The molecular formula is C19H17FN4O. The number of nitrogens with zero attached hydrogens (tertiary/aromatic N) is 3. The number of halogens is 1. The van der Waals surface area contributed by atoms with E-state index in [9.17, 15) is 9.18 Å². The lowest BCUT2D eigenvalue weighted by molar-refractivity contribution is 0.0779. The Bertz CT molecular complexity index is 853. The molecule has 0 fully saturated rings. The molecule has 6 heteroatoms. The molecule has 5 nitrogen and oxygen atoms in total. The van der Waals surface area contributed by atoms with Crippen LogP contribution in [0.15, 0.2) is 67.0 Å². The Hall–Kier alpha value is -3.28. The van der Waals surface area contributed by atoms with E-state index in [-0.39, 0.29) is 17.4 Å². The zero-order valence-electron chi connectivity index (χ0n) is 13.7. The first-order valence-corrected chi connectivity index (χ1v) is 7.76. The Kier molecular flexibility index (Phi) is 4.99. The topological polar surface area (TPSA) is 58.1 Å². The van der Waals surface area contributed by atoms with E-state index in [0.717, 1.165) is 5.56 Å². The van der Waals surface area contributed by atoms with Crippen molar-refractivity contribution >= 4 is 17.4 Å². The Balaban J connectivity index is 1.71. The van der Waals surface area contributed by atoms with Crippen molar-refractivity contribution in [3.05, 3.63) is 84.1 Å². The van der Waals surface area contributed by atoms with Crippen molar-refractivity contribution in [3.63, 3.8) is 0 Å². The Labute approximate surface area is 145 Å². The largest absolute Gasteiger partial charge is 0.340 e. The average Bonchev–Trinajstić information content (AvgIpc) is 2.64. The summed E-state index contributed by atoms with van der Waals surface area (Å²) in [5.74, 6) is -0.0434. The molecule has 0 aliphatic heterocycles. The molecule has 126 valence electrons. The van der Waals surface area contributed by atoms with E-state index in [0.29, 0.717) is 18.1 Å². The molecule has 0 saturated carbocycles. The highest BCUT2D eigenvalue weighted by molar-refractivity contribution is 5.92. The molecule has 0 bridgehead atoms. The molecule has 0 unspecified atom stereocenters. The monoisotopic (exact) mass is 336 g/mol. The lowest BCUT2D eigenvalue weighted by Gasteiger charge is -2.17. The van der Waals surface area contributed by atoms with Gasteiger partial charge in [-0.05, 0) is 29.8 Å². The van der Waals surface area contributed by atoms with Gasteiger partial charge in [0.15, 0.2) is 0 Å². The number of rotatable bonds is 5. The van der Waals surface area contributed by atoms with Crippen LogP contribution in [-0.4, -0.2) is 27.8 Å². The zero-order chi connectivity index (χ0) is 17.6. The van der Waals surface area contributed by atoms with Gasteiger partial charge in [-0.2, -0.15) is 0 Å². The van der Waals surface area contributed by atoms with Gasteiger partial charge < -0.3 is 10.2 Å². The van der Waals surface area contributed by atoms with Crippen molar-refractivity contribution < 1.29 is 9.18 Å². The van der Waals surface area contributed by atoms with Crippen LogP contribution in [0.1, 0.15) is 16.1 Å². The quantitative estimate of drug-likeness (QED) is 0.773. The number of carbonyl (C=O) groups is 1. The highest BCUT2D eigenvalue weighted by atomic mass is 19.1. The summed E-state index contributed by atoms with van der Waals surface area (Å²) in [6.45, 7) is 0.490. The van der Waals surface area contributed by atoms with E-state index in [1.54, 1.807) is 30.1 Å². The normalized spacial score (nSPS) is 10.3. The Morgan fingerprint density at radius 1 is 1.08 bits per heavy atom. The van der Waals surface area contributed by atoms with Gasteiger partial charge in [-0.1, -0.05) is 30.3 Å². The predicted octanol–water partition coefficient (Wildman–Crippen LogP) is 3.63. The molecule has 1 N–H and O–H groups in total. The van der Waals surface area contributed by atoms with E-state index < -0.39 is 0 Å². The van der Waals surface area contributed by atoms with Crippen LogP contribution in [0.3, 0.4) is 0 Å². The minimum Gasteiger partial charge on any atom is -0.340 e. The maximum atomic E-state index is 13.0. The molecule has 1 amide bonds. The van der Waals surface area contributed by atoms with Crippen molar-refractivity contribution in [1.29, 1.82) is 0 Å². The number of aromatic nitrogens is 2. The lowest BCUT2D eigenvalue weighted by Crippen LogP contribution is -2.27. The van der Waals surface area contributed by atoms with E-state index in [1.165, 1.54) is 18.5 Å². The number of hydrogen-bond donors (Lipinski definition) is 1. The van der Waals surface area contributed by atoms with Gasteiger partial charge in [-0.15, -0.1) is 0 Å². The Morgan fingerprint density at radius 3 is 2.52 bits per heavy atom. The molecule has 2 aromatic carbocycles. The number of benzene rings is 2. The van der Waals surface area contributed by atoms with Crippen molar-refractivity contribution in [2.24, 2.45) is 0 Å². The summed E-state index contributed by atoms with van der Waals surface area (Å²) in [7, 11) is 1.73. The van der Waals surface area contributed by atoms with E-state index in [4.69, 9.17) is 0 Å². The highest BCUT2D eigenvalue weighted by Gasteiger charge is 2.14. The van der Waals surface area contributed by atoms with Crippen molar-refractivity contribution in [1.82, 2.24) is 14.9 Å². The van der Waals surface area contributed by atoms with Crippen LogP contribution in [0.4, 0.5) is 15.9 Å². The summed E-state index contributed by atoms with van der Waals surface area (Å²) in [5.41, 5.74) is 2.01. The molecule has 0 saturated heterocycles. The third-order valence-electron chi connectivity index (χ3n) is 3.61. The van der Waals surface area contributed by atoms with Crippen molar-refractivity contribution in [3.8, 4) is 0 Å². The Morgan fingerprint density at radius 2 is 1.80 bits per heavy atom. The SMILES string of the molecule is CN(Cc1ccccc1)C(=O)c1cc(Nc2ccc(F)cc2)ncn1. The highest BCUT2D eigenvalue weighted by Crippen LogP contribution is 2.16. The average molecular weight is 336 g/mol. The molecular weight excluding hydrogens is 319 g/mol. The van der Waals surface area contributed by atoms with Crippen LogP contribution in [-0.2, 0) is 6.54 Å². The van der Waals surface area contributed by atoms with Gasteiger partial charge in [0.1, 0.15) is 23.7 Å². The molecule has 0 aliphatic rings. The van der Waals surface area contributed by atoms with Crippen LogP contribution >= 0.6 is 0 Å². The molecule has 0 aliphatic carbocycles. The summed E-state index contributed by atoms with van der Waals surface area (Å²) < 4.78 is 13.0. The van der Waals surface area contributed by atoms with E-state index >= 15 is 0 Å². The summed E-state index contributed by atoms with van der Waals surface area (Å²) >= 11 is 0. The van der Waals surface area contributed by atoms with Gasteiger partial charge in [0.25, 0.3) is 5.91 Å². The number of nitrogens with one attached hydrogen (secondary N) is 1. The minimum atomic E-state index is -0.313. The summed E-state index contributed by atoms with van der Waals surface area (Å²) in [6.07, 6.45) is 1.33. The van der Waals surface area contributed by atoms with Gasteiger partial charge in [0, 0.05) is 25.3 Å². The second kappa shape index (κ2) is 7.53. The molecule has 0 radical (unpaired) electrons. The van der Waals surface area contributed by atoms with Gasteiger partial charge >= 0.3 is 0 Å². The van der Waals surface area contributed by atoms with Gasteiger partial charge in [0.05, 0.1) is 0 Å². The molecule has 3 aromatic rings. The van der Waals surface area contributed by atoms with Gasteiger partial charge in [-0.25, -0.2) is 14.4 Å². The summed E-state index contributed by atoms with van der Waals surface area (Å²) in [5, 5.41) is 3.03. The fraction of sp³-hybridized carbons (Fsp3) is 0.105. The second-order valence-corrected chi connectivity index (χ2v) is 5.57. The van der Waals surface area contributed by atoms with Crippen molar-refractivity contribution in [2.45, 2.75) is 6.54 Å². The summed E-state index contributed by atoms with van der Waals surface area (Å²) in [4.78, 5) is 22.3. The smallest absolute Gasteiger partial charge is 0.272 e. The van der Waals surface area contributed by atoms with Crippen LogP contribution in [0.5, 0.6) is 0 Å². The number of anilines is 2. The molecule has 3 rings (SSSR count). The third kappa shape index (κ3) is 4.38. The second-order valence-electron chi connectivity index (χ2n) is 5.57. The maximum Gasteiger partial charge on any atom is 0.272 e. The fourth-order valence-corrected chi connectivity index (χ4v) is 2.35. The van der Waals surface area contributed by atoms with E-state index in [2.05, 4.69) is 15.3 Å². The first-order chi connectivity index (χ1) is 12.1. The predicted molar refractivity (Wildman–Crippen MR) is 94.0 cm³/mol. The molecule has 1 aromatic heterocycles. The van der Waals surface area contributed by atoms with Crippen LogP contribution in [0.2, 0.25) is 0 Å². The summed E-state index contributed by atoms with van der Waals surface area (Å²) in [6, 6.07) is 17.2. The van der Waals surface area contributed by atoms with Gasteiger partial charge in [0.2, 0.25) is 0 Å². The van der Waals surface area contributed by atoms with Crippen LogP contribution in [0, 0.1) is 5.82 Å². The standard InChI is InChI=1S/C19H17FN4O/c1-24(12-14-5-3-2-4-6-14)19(25)17-11-18(22-13-21-17)23-16-9-7-15(20)8-10-16/h2-11,13H,12H2,1H3,(H,21,22,23). The van der Waals surface area contributed by atoms with Crippen LogP contribution < -0.4 is 5.32 Å². The van der Waals surface area contributed by atoms with Crippen LogP contribution in [0.25, 0.3) is 0 Å². The number of carbonyl (C=O) groups excluding carboxylic acids is 1. The van der Waals surface area contributed by atoms with Crippen molar-refractivity contribution in [2.75, 3.05) is 12.4 Å².